The summed E-state index contributed by atoms with van der Waals surface area (Å²) in [6.07, 6.45) is 0. The molecule has 0 spiro atoms. The van der Waals surface area contributed by atoms with Gasteiger partial charge in [0.05, 0.1) is 24.8 Å². The molecule has 0 aliphatic rings. The Labute approximate surface area is 139 Å². The third-order valence-corrected chi connectivity index (χ3v) is 4.39. The predicted molar refractivity (Wildman–Crippen MR) is 85.8 cm³/mol. The third kappa shape index (κ3) is 2.39. The highest BCUT2D eigenvalue weighted by molar-refractivity contribution is 14.1. The number of hydrogen-bond acceptors (Lipinski definition) is 2. The van der Waals surface area contributed by atoms with Crippen molar-refractivity contribution in [2.24, 2.45) is 0 Å². The maximum Gasteiger partial charge on any atom is 0.206 e. The van der Waals surface area contributed by atoms with Crippen molar-refractivity contribution in [1.82, 2.24) is 9.55 Å². The lowest BCUT2D eigenvalue weighted by molar-refractivity contribution is 0.588. The van der Waals surface area contributed by atoms with Crippen molar-refractivity contribution in [2.75, 3.05) is 5.73 Å². The lowest BCUT2D eigenvalue weighted by Crippen LogP contribution is -2.04. The number of benzene rings is 2. The zero-order valence-corrected chi connectivity index (χ0v) is 13.9. The van der Waals surface area contributed by atoms with Crippen molar-refractivity contribution in [1.29, 1.82) is 0 Å². The zero-order valence-electron chi connectivity index (χ0n) is 10.2. The van der Waals surface area contributed by atoms with E-state index in [9.17, 15) is 13.2 Å². The van der Waals surface area contributed by atoms with Gasteiger partial charge in [0.2, 0.25) is 5.95 Å². The van der Waals surface area contributed by atoms with Gasteiger partial charge in [-0.1, -0.05) is 0 Å². The molecule has 1 aromatic heterocycles. The number of aromatic nitrogens is 2. The van der Waals surface area contributed by atoms with Gasteiger partial charge in [0.25, 0.3) is 0 Å². The van der Waals surface area contributed by atoms with Crippen LogP contribution in [0.1, 0.15) is 0 Å². The fourth-order valence-electron chi connectivity index (χ4n) is 2.03. The van der Waals surface area contributed by atoms with E-state index in [1.54, 1.807) is 0 Å². The molecule has 0 saturated carbocycles. The second-order valence-corrected chi connectivity index (χ2v) is 6.29. The van der Waals surface area contributed by atoms with Crippen LogP contribution in [0.15, 0.2) is 28.7 Å². The lowest BCUT2D eigenvalue weighted by Gasteiger charge is -2.09. The van der Waals surface area contributed by atoms with Gasteiger partial charge in [-0.05, 0) is 50.7 Å². The smallest absolute Gasteiger partial charge is 0.206 e. The van der Waals surface area contributed by atoms with Crippen LogP contribution in [0.2, 0.25) is 0 Å². The Kier molecular flexibility index (Phi) is 3.60. The van der Waals surface area contributed by atoms with Crippen molar-refractivity contribution in [3.63, 3.8) is 0 Å². The van der Waals surface area contributed by atoms with E-state index < -0.39 is 17.5 Å². The third-order valence-electron chi connectivity index (χ3n) is 2.95. The Hall–Kier alpha value is -1.29. The van der Waals surface area contributed by atoms with E-state index in [4.69, 9.17) is 5.73 Å². The van der Waals surface area contributed by atoms with E-state index in [-0.39, 0.29) is 21.6 Å². The van der Waals surface area contributed by atoms with Crippen LogP contribution >= 0.6 is 38.5 Å². The van der Waals surface area contributed by atoms with Crippen LogP contribution in [0.5, 0.6) is 0 Å². The number of fused-ring (bicyclic) bond motifs is 1. The molecular weight excluding hydrogens is 462 g/mol. The van der Waals surface area contributed by atoms with Gasteiger partial charge in [-0.15, -0.1) is 0 Å². The number of anilines is 1. The number of nitrogens with zero attached hydrogens (tertiary/aromatic N) is 2. The molecule has 0 fully saturated rings. The minimum atomic E-state index is -0.701. The number of hydrogen-bond donors (Lipinski definition) is 1. The quantitative estimate of drug-likeness (QED) is 0.426. The molecule has 3 nitrogen and oxygen atoms in total. The molecule has 0 unspecified atom stereocenters. The normalized spacial score (nSPS) is 11.3. The monoisotopic (exact) mass is 467 g/mol. The number of halogens is 5. The van der Waals surface area contributed by atoms with Crippen molar-refractivity contribution >= 4 is 55.5 Å². The average Bonchev–Trinajstić information content (AvgIpc) is 2.70. The Bertz CT molecular complexity index is 879. The summed E-state index contributed by atoms with van der Waals surface area (Å²) in [5, 5.41) is 0. The Morgan fingerprint density at radius 2 is 1.76 bits per heavy atom. The molecule has 0 aliphatic carbocycles. The molecule has 0 radical (unpaired) electrons. The fraction of sp³-hybridized carbons (Fsp3) is 0. The minimum absolute atomic E-state index is 0.00697. The molecule has 0 bridgehead atoms. The van der Waals surface area contributed by atoms with E-state index in [1.807, 2.05) is 22.6 Å². The summed E-state index contributed by atoms with van der Waals surface area (Å²) in [6.45, 7) is 0. The van der Waals surface area contributed by atoms with Crippen LogP contribution in [0.4, 0.5) is 19.1 Å². The summed E-state index contributed by atoms with van der Waals surface area (Å²) in [4.78, 5) is 4.05. The molecule has 8 heteroatoms. The molecule has 108 valence electrons. The molecule has 2 N–H and O–H groups in total. The van der Waals surface area contributed by atoms with Crippen LogP contribution < -0.4 is 5.73 Å². The maximum absolute atomic E-state index is 14.1. The summed E-state index contributed by atoms with van der Waals surface area (Å²) >= 11 is 4.72. The van der Waals surface area contributed by atoms with Gasteiger partial charge < -0.3 is 5.73 Å². The van der Waals surface area contributed by atoms with E-state index in [1.165, 1.54) is 16.7 Å². The number of rotatable bonds is 1. The van der Waals surface area contributed by atoms with E-state index in [0.717, 1.165) is 12.1 Å². The van der Waals surface area contributed by atoms with Crippen LogP contribution in [-0.2, 0) is 0 Å². The molecule has 0 atom stereocenters. The maximum atomic E-state index is 14.1. The highest BCUT2D eigenvalue weighted by atomic mass is 127. The molecule has 3 rings (SSSR count). The SMILES string of the molecule is Nc1nc2cc(I)c(F)cc2n1-c1cc(F)c(Br)cc1F. The van der Waals surface area contributed by atoms with Crippen molar-refractivity contribution in [2.45, 2.75) is 0 Å². The van der Waals surface area contributed by atoms with Gasteiger partial charge >= 0.3 is 0 Å². The molecular formula is C13H6BrF3IN3. The van der Waals surface area contributed by atoms with Gasteiger partial charge in [0, 0.05) is 12.1 Å². The topological polar surface area (TPSA) is 43.8 Å². The molecule has 3 aromatic rings. The highest BCUT2D eigenvalue weighted by Gasteiger charge is 2.17. The van der Waals surface area contributed by atoms with E-state index in [0.29, 0.717) is 9.09 Å². The second-order valence-electron chi connectivity index (χ2n) is 4.28. The summed E-state index contributed by atoms with van der Waals surface area (Å²) in [7, 11) is 0. The van der Waals surface area contributed by atoms with Gasteiger partial charge in [-0.25, -0.2) is 18.2 Å². The molecule has 0 aliphatic heterocycles. The van der Waals surface area contributed by atoms with Crippen molar-refractivity contribution in [3.05, 3.63) is 49.8 Å². The molecule has 1 heterocycles. The predicted octanol–water partition coefficient (Wildman–Crippen LogP) is 4.39. The van der Waals surface area contributed by atoms with Crippen LogP contribution in [-0.4, -0.2) is 9.55 Å². The Morgan fingerprint density at radius 1 is 1.05 bits per heavy atom. The Morgan fingerprint density at radius 3 is 2.48 bits per heavy atom. The molecule has 0 saturated heterocycles. The number of nitrogen functional groups attached to an aromatic ring is 1. The van der Waals surface area contributed by atoms with Crippen molar-refractivity contribution < 1.29 is 13.2 Å². The summed E-state index contributed by atoms with van der Waals surface area (Å²) in [6, 6.07) is 4.65. The van der Waals surface area contributed by atoms with Gasteiger partial charge in [0.1, 0.15) is 17.5 Å². The largest absolute Gasteiger partial charge is 0.369 e. The summed E-state index contributed by atoms with van der Waals surface area (Å²) < 4.78 is 43.0. The lowest BCUT2D eigenvalue weighted by atomic mass is 10.2. The molecule has 21 heavy (non-hydrogen) atoms. The van der Waals surface area contributed by atoms with Crippen LogP contribution in [0, 0.1) is 21.0 Å². The summed E-state index contributed by atoms with van der Waals surface area (Å²) in [5.74, 6) is -1.89. The van der Waals surface area contributed by atoms with Gasteiger partial charge in [-0.2, -0.15) is 0 Å². The first-order valence-corrected chi connectivity index (χ1v) is 7.53. The standard InChI is InChI=1S/C13H6BrF3IN3/c14-5-1-8(17)11(2-6(5)15)21-12-3-7(16)9(18)4-10(12)20-13(21)19/h1-4H,(H2,19,20). The van der Waals surface area contributed by atoms with E-state index >= 15 is 0 Å². The zero-order chi connectivity index (χ0) is 15.3. The minimum Gasteiger partial charge on any atom is -0.369 e. The second kappa shape index (κ2) is 5.16. The first kappa shape index (κ1) is 14.6. The number of nitrogens with two attached hydrogens (primary N) is 1. The number of imidazole rings is 1. The first-order valence-electron chi connectivity index (χ1n) is 5.66. The van der Waals surface area contributed by atoms with Crippen LogP contribution in [0.3, 0.4) is 0 Å². The molecule has 2 aromatic carbocycles. The van der Waals surface area contributed by atoms with Gasteiger partial charge in [0.15, 0.2) is 0 Å². The summed E-state index contributed by atoms with van der Waals surface area (Å²) in [5.41, 5.74) is 6.31. The fourth-order valence-corrected chi connectivity index (χ4v) is 2.79. The van der Waals surface area contributed by atoms with Gasteiger partial charge in [-0.3, -0.25) is 4.57 Å². The van der Waals surface area contributed by atoms with Crippen LogP contribution in [0.25, 0.3) is 16.7 Å². The molecule has 0 amide bonds. The highest BCUT2D eigenvalue weighted by Crippen LogP contribution is 2.29. The first-order chi connectivity index (χ1) is 9.88. The Balaban J connectivity index is 2.37. The average molecular weight is 468 g/mol. The van der Waals surface area contributed by atoms with Crippen molar-refractivity contribution in [3.8, 4) is 5.69 Å². The van der Waals surface area contributed by atoms with E-state index in [2.05, 4.69) is 20.9 Å².